The van der Waals surface area contributed by atoms with E-state index in [1.54, 1.807) is 41.7 Å². The van der Waals surface area contributed by atoms with Gasteiger partial charge in [0.15, 0.2) is 5.82 Å². The quantitative estimate of drug-likeness (QED) is 0.522. The number of nitrogens with one attached hydrogen (secondary N) is 1. The molecule has 0 atom stereocenters. The Hall–Kier alpha value is -4.45. The number of pyridine rings is 2. The second kappa shape index (κ2) is 8.73. The van der Waals surface area contributed by atoms with Crippen LogP contribution in [0.2, 0.25) is 0 Å². The summed E-state index contributed by atoms with van der Waals surface area (Å²) in [4.78, 5) is 29.4. The van der Waals surface area contributed by atoms with Crippen LogP contribution in [0.4, 0.5) is 5.82 Å². The average Bonchev–Trinajstić information content (AvgIpc) is 3.07. The van der Waals surface area contributed by atoms with E-state index in [1.807, 2.05) is 32.9 Å². The van der Waals surface area contributed by atoms with E-state index in [2.05, 4.69) is 36.4 Å². The summed E-state index contributed by atoms with van der Waals surface area (Å²) in [6, 6.07) is 7.61. The molecule has 0 aromatic carbocycles. The molecule has 9 heteroatoms. The van der Waals surface area contributed by atoms with Crippen LogP contribution in [0.5, 0.6) is 0 Å². The second-order valence-corrected chi connectivity index (χ2v) is 7.26. The van der Waals surface area contributed by atoms with Gasteiger partial charge in [-0.1, -0.05) is 0 Å². The number of aromatic nitrogens is 6. The fourth-order valence-corrected chi connectivity index (χ4v) is 3.52. The zero-order valence-corrected chi connectivity index (χ0v) is 17.9. The highest BCUT2D eigenvalue weighted by molar-refractivity contribution is 5.91. The molecule has 0 radical (unpaired) electrons. The standard InChI is InChI=1S/C23H20N8O/c1-14-8-17(4-5-26-14)22-15(2)30-31(16(22)3)13-21(32)29-23-18(10-24)9-19(11-28-23)20-12-25-6-7-27-20/h4-9,11-12H,13H2,1-3H3,(H,28,29,32). The fraction of sp³-hybridized carbons (Fsp3) is 0.174. The molecule has 4 aromatic heterocycles. The molecule has 1 amide bonds. The van der Waals surface area contributed by atoms with Gasteiger partial charge in [-0.15, -0.1) is 0 Å². The highest BCUT2D eigenvalue weighted by Crippen LogP contribution is 2.27. The fourth-order valence-electron chi connectivity index (χ4n) is 3.52. The molecule has 0 aliphatic carbocycles. The van der Waals surface area contributed by atoms with Crippen LogP contribution in [0.25, 0.3) is 22.4 Å². The Balaban J connectivity index is 1.55. The molecule has 4 heterocycles. The summed E-state index contributed by atoms with van der Waals surface area (Å²) in [6.07, 6.45) is 8.02. The maximum atomic E-state index is 12.7. The van der Waals surface area contributed by atoms with Crippen molar-refractivity contribution in [2.45, 2.75) is 27.3 Å². The maximum Gasteiger partial charge on any atom is 0.247 e. The number of nitriles is 1. The third-order valence-electron chi connectivity index (χ3n) is 4.99. The van der Waals surface area contributed by atoms with E-state index >= 15 is 0 Å². The number of hydrogen-bond acceptors (Lipinski definition) is 7. The Kier molecular flexibility index (Phi) is 5.68. The van der Waals surface area contributed by atoms with Crippen molar-refractivity contribution in [3.63, 3.8) is 0 Å². The predicted molar refractivity (Wildman–Crippen MR) is 118 cm³/mol. The number of hydrogen-bond donors (Lipinski definition) is 1. The van der Waals surface area contributed by atoms with Crippen LogP contribution in [0.15, 0.2) is 49.2 Å². The normalized spacial score (nSPS) is 10.6. The predicted octanol–water partition coefficient (Wildman–Crippen LogP) is 3.23. The first-order chi connectivity index (χ1) is 15.5. The highest BCUT2D eigenvalue weighted by atomic mass is 16.2. The SMILES string of the molecule is Cc1cc(-c2c(C)nn(CC(=O)Nc3ncc(-c4cnccn4)cc3C#N)c2C)ccn1. The van der Waals surface area contributed by atoms with Gasteiger partial charge in [-0.3, -0.25) is 24.4 Å². The third-order valence-corrected chi connectivity index (χ3v) is 4.99. The van der Waals surface area contributed by atoms with Crippen molar-refractivity contribution in [3.05, 3.63) is 71.8 Å². The summed E-state index contributed by atoms with van der Waals surface area (Å²) in [7, 11) is 0. The molecular formula is C23H20N8O. The number of amides is 1. The number of carbonyl (C=O) groups is 1. The Morgan fingerprint density at radius 2 is 1.91 bits per heavy atom. The highest BCUT2D eigenvalue weighted by Gasteiger charge is 2.17. The van der Waals surface area contributed by atoms with Crippen LogP contribution < -0.4 is 5.32 Å². The first kappa shape index (κ1) is 20.8. The lowest BCUT2D eigenvalue weighted by Crippen LogP contribution is -2.21. The number of rotatable bonds is 5. The van der Waals surface area contributed by atoms with Crippen molar-refractivity contribution in [1.29, 1.82) is 5.26 Å². The van der Waals surface area contributed by atoms with Crippen LogP contribution in [-0.2, 0) is 11.3 Å². The van der Waals surface area contributed by atoms with Gasteiger partial charge in [0.1, 0.15) is 12.6 Å². The molecule has 1 N–H and O–H groups in total. The molecule has 4 aromatic rings. The van der Waals surface area contributed by atoms with Crippen molar-refractivity contribution >= 4 is 11.7 Å². The second-order valence-electron chi connectivity index (χ2n) is 7.26. The van der Waals surface area contributed by atoms with Crippen LogP contribution in [0.3, 0.4) is 0 Å². The Morgan fingerprint density at radius 3 is 2.62 bits per heavy atom. The van der Waals surface area contributed by atoms with Crippen LogP contribution in [-0.4, -0.2) is 35.6 Å². The molecule has 9 nitrogen and oxygen atoms in total. The van der Waals surface area contributed by atoms with Gasteiger partial charge in [0.05, 0.1) is 23.1 Å². The first-order valence-electron chi connectivity index (χ1n) is 9.89. The number of nitrogens with zero attached hydrogens (tertiary/aromatic N) is 7. The van der Waals surface area contributed by atoms with Crippen LogP contribution in [0.1, 0.15) is 22.6 Å². The monoisotopic (exact) mass is 424 g/mol. The molecule has 0 saturated heterocycles. The minimum absolute atomic E-state index is 0.00476. The van der Waals surface area contributed by atoms with E-state index in [4.69, 9.17) is 0 Å². The Labute approximate surface area is 184 Å². The van der Waals surface area contributed by atoms with Crippen LogP contribution >= 0.6 is 0 Å². The van der Waals surface area contributed by atoms with Crippen molar-refractivity contribution in [2.24, 2.45) is 0 Å². The van der Waals surface area contributed by atoms with E-state index in [0.29, 0.717) is 11.3 Å². The van der Waals surface area contributed by atoms with Gasteiger partial charge < -0.3 is 5.32 Å². The van der Waals surface area contributed by atoms with E-state index in [-0.39, 0.29) is 23.8 Å². The zero-order valence-electron chi connectivity index (χ0n) is 17.9. The number of carbonyl (C=O) groups excluding carboxylic acids is 1. The van der Waals surface area contributed by atoms with Crippen LogP contribution in [0, 0.1) is 32.1 Å². The molecule has 0 bridgehead atoms. The van der Waals surface area contributed by atoms with Gasteiger partial charge in [-0.05, 0) is 44.5 Å². The molecule has 0 aliphatic rings. The van der Waals surface area contributed by atoms with Gasteiger partial charge >= 0.3 is 0 Å². The summed E-state index contributed by atoms with van der Waals surface area (Å²) >= 11 is 0. The zero-order chi connectivity index (χ0) is 22.7. The van der Waals surface area contributed by atoms with Crippen molar-refractivity contribution in [2.75, 3.05) is 5.32 Å². The van der Waals surface area contributed by atoms with Gasteiger partial charge in [0, 0.05) is 47.3 Å². The number of anilines is 1. The molecule has 0 aliphatic heterocycles. The molecule has 32 heavy (non-hydrogen) atoms. The van der Waals surface area contributed by atoms with Gasteiger partial charge in [-0.25, -0.2) is 4.98 Å². The van der Waals surface area contributed by atoms with Gasteiger partial charge in [-0.2, -0.15) is 10.4 Å². The topological polar surface area (TPSA) is 122 Å². The van der Waals surface area contributed by atoms with E-state index in [0.717, 1.165) is 28.2 Å². The molecule has 0 fully saturated rings. The lowest BCUT2D eigenvalue weighted by atomic mass is 10.0. The van der Waals surface area contributed by atoms with Crippen molar-refractivity contribution < 1.29 is 4.79 Å². The van der Waals surface area contributed by atoms with Gasteiger partial charge in [0.25, 0.3) is 0 Å². The molecular weight excluding hydrogens is 404 g/mol. The minimum atomic E-state index is -0.329. The summed E-state index contributed by atoms with van der Waals surface area (Å²) in [5.41, 5.74) is 6.06. The average molecular weight is 424 g/mol. The van der Waals surface area contributed by atoms with Crippen molar-refractivity contribution in [3.8, 4) is 28.5 Å². The first-order valence-corrected chi connectivity index (χ1v) is 9.89. The summed E-state index contributed by atoms with van der Waals surface area (Å²) in [5, 5.41) is 16.8. The van der Waals surface area contributed by atoms with E-state index < -0.39 is 0 Å². The third kappa shape index (κ3) is 4.20. The largest absolute Gasteiger partial charge is 0.308 e. The molecule has 158 valence electrons. The minimum Gasteiger partial charge on any atom is -0.308 e. The van der Waals surface area contributed by atoms with Crippen molar-refractivity contribution in [1.82, 2.24) is 29.7 Å². The summed E-state index contributed by atoms with van der Waals surface area (Å²) < 4.78 is 1.65. The Morgan fingerprint density at radius 1 is 1.06 bits per heavy atom. The lowest BCUT2D eigenvalue weighted by Gasteiger charge is -2.09. The lowest BCUT2D eigenvalue weighted by molar-refractivity contribution is -0.117. The maximum absolute atomic E-state index is 12.7. The van der Waals surface area contributed by atoms with E-state index in [1.165, 1.54) is 0 Å². The summed E-state index contributed by atoms with van der Waals surface area (Å²) in [6.45, 7) is 5.76. The van der Waals surface area contributed by atoms with E-state index in [9.17, 15) is 10.1 Å². The number of aryl methyl sites for hydroxylation is 2. The smallest absolute Gasteiger partial charge is 0.247 e. The molecule has 0 unspecified atom stereocenters. The molecule has 0 saturated carbocycles. The summed E-state index contributed by atoms with van der Waals surface area (Å²) in [5.74, 6) is -0.138. The Bertz CT molecular complexity index is 1340. The molecule has 0 spiro atoms. The van der Waals surface area contributed by atoms with Gasteiger partial charge in [0.2, 0.25) is 5.91 Å². The molecule has 4 rings (SSSR count).